The van der Waals surface area contributed by atoms with Crippen LogP contribution in [0.4, 0.5) is 0 Å². The lowest BCUT2D eigenvalue weighted by Crippen LogP contribution is -2.23. The minimum absolute atomic E-state index is 0.146. The summed E-state index contributed by atoms with van der Waals surface area (Å²) in [5.74, 6) is 0. The van der Waals surface area contributed by atoms with Crippen LogP contribution in [0.15, 0.2) is 54.6 Å². The van der Waals surface area contributed by atoms with Gasteiger partial charge in [-0.25, -0.2) is 0 Å². The molecule has 2 aromatic carbocycles. The number of rotatable bonds is 4. The lowest BCUT2D eigenvalue weighted by Gasteiger charge is -2.19. The van der Waals surface area contributed by atoms with Crippen molar-refractivity contribution in [1.29, 1.82) is 5.26 Å². The second kappa shape index (κ2) is 6.17. The van der Waals surface area contributed by atoms with Crippen LogP contribution in [0.1, 0.15) is 35.7 Å². The van der Waals surface area contributed by atoms with Crippen LogP contribution in [0.2, 0.25) is 0 Å². The van der Waals surface area contributed by atoms with E-state index in [1.807, 2.05) is 49.4 Å². The van der Waals surface area contributed by atoms with E-state index in [0.717, 1.165) is 5.56 Å². The molecule has 0 saturated heterocycles. The van der Waals surface area contributed by atoms with Gasteiger partial charge in [-0.1, -0.05) is 60.2 Å². The van der Waals surface area contributed by atoms with E-state index in [1.54, 1.807) is 0 Å². The number of hydrogen-bond acceptors (Lipinski definition) is 2. The number of nitrogens with one attached hydrogen (secondary N) is 1. The monoisotopic (exact) mass is 250 g/mol. The summed E-state index contributed by atoms with van der Waals surface area (Å²) in [5.41, 5.74) is 3.40. The average Bonchev–Trinajstić information content (AvgIpc) is 2.46. The molecule has 0 spiro atoms. The first-order chi connectivity index (χ1) is 9.20. The minimum atomic E-state index is -0.282. The number of hydrogen-bond donors (Lipinski definition) is 1. The third kappa shape index (κ3) is 3.43. The quantitative estimate of drug-likeness (QED) is 0.893. The van der Waals surface area contributed by atoms with Gasteiger partial charge in [0.25, 0.3) is 0 Å². The zero-order valence-corrected chi connectivity index (χ0v) is 11.3. The summed E-state index contributed by atoms with van der Waals surface area (Å²) >= 11 is 0. The first-order valence-electron chi connectivity index (χ1n) is 6.48. The Bertz CT molecular complexity index is 552. The van der Waals surface area contributed by atoms with Crippen LogP contribution in [0.5, 0.6) is 0 Å². The lowest BCUT2D eigenvalue weighted by atomic mass is 10.0. The molecule has 2 nitrogen and oxygen atoms in total. The smallest absolute Gasteiger partial charge is 0.121 e. The van der Waals surface area contributed by atoms with E-state index in [4.69, 9.17) is 0 Å². The highest BCUT2D eigenvalue weighted by atomic mass is 14.9. The highest BCUT2D eigenvalue weighted by Crippen LogP contribution is 2.19. The van der Waals surface area contributed by atoms with Gasteiger partial charge in [-0.2, -0.15) is 5.26 Å². The Morgan fingerprint density at radius 3 is 2.16 bits per heavy atom. The maximum Gasteiger partial charge on any atom is 0.121 e. The van der Waals surface area contributed by atoms with E-state index < -0.39 is 0 Å². The molecule has 0 aromatic heterocycles. The molecule has 0 radical (unpaired) electrons. The van der Waals surface area contributed by atoms with Crippen LogP contribution < -0.4 is 5.32 Å². The normalized spacial score (nSPS) is 13.5. The van der Waals surface area contributed by atoms with Gasteiger partial charge in [-0.15, -0.1) is 0 Å². The van der Waals surface area contributed by atoms with Gasteiger partial charge in [0.15, 0.2) is 0 Å². The second-order valence-corrected chi connectivity index (χ2v) is 4.77. The van der Waals surface area contributed by atoms with Crippen molar-refractivity contribution < 1.29 is 0 Å². The fourth-order valence-electron chi connectivity index (χ4n) is 2.05. The summed E-state index contributed by atoms with van der Waals surface area (Å²) in [7, 11) is 0. The van der Waals surface area contributed by atoms with E-state index in [-0.39, 0.29) is 12.1 Å². The molecule has 0 saturated carbocycles. The Kier molecular flexibility index (Phi) is 4.33. The Morgan fingerprint density at radius 2 is 1.58 bits per heavy atom. The number of aryl methyl sites for hydroxylation is 1. The van der Waals surface area contributed by atoms with Crippen molar-refractivity contribution in [3.05, 3.63) is 71.3 Å². The molecule has 0 bridgehead atoms. The third-order valence-electron chi connectivity index (χ3n) is 3.26. The first-order valence-corrected chi connectivity index (χ1v) is 6.48. The molecule has 2 atom stereocenters. The van der Waals surface area contributed by atoms with E-state index in [1.165, 1.54) is 11.1 Å². The minimum Gasteiger partial charge on any atom is -0.292 e. The Morgan fingerprint density at radius 1 is 0.947 bits per heavy atom. The van der Waals surface area contributed by atoms with Crippen LogP contribution in [-0.2, 0) is 0 Å². The molecule has 0 amide bonds. The maximum atomic E-state index is 9.33. The Hall–Kier alpha value is -2.11. The number of nitriles is 1. The molecule has 2 heteroatoms. The average molecular weight is 250 g/mol. The maximum absolute atomic E-state index is 9.33. The van der Waals surface area contributed by atoms with E-state index in [9.17, 15) is 5.26 Å². The zero-order valence-electron chi connectivity index (χ0n) is 11.3. The van der Waals surface area contributed by atoms with Crippen molar-refractivity contribution >= 4 is 0 Å². The predicted molar refractivity (Wildman–Crippen MR) is 77.5 cm³/mol. The topological polar surface area (TPSA) is 35.8 Å². The summed E-state index contributed by atoms with van der Waals surface area (Å²) in [6.45, 7) is 4.12. The summed E-state index contributed by atoms with van der Waals surface area (Å²) < 4.78 is 0. The highest BCUT2D eigenvalue weighted by molar-refractivity contribution is 5.28. The van der Waals surface area contributed by atoms with E-state index in [2.05, 4.69) is 30.4 Å². The van der Waals surface area contributed by atoms with Gasteiger partial charge in [-0.05, 0) is 25.0 Å². The molecule has 0 aliphatic heterocycles. The third-order valence-corrected chi connectivity index (χ3v) is 3.26. The van der Waals surface area contributed by atoms with Crippen molar-refractivity contribution in [2.24, 2.45) is 0 Å². The van der Waals surface area contributed by atoms with Gasteiger partial charge in [0.1, 0.15) is 6.04 Å². The predicted octanol–water partition coefficient (Wildman–Crippen LogP) is 3.91. The van der Waals surface area contributed by atoms with Gasteiger partial charge in [-0.3, -0.25) is 5.32 Å². The van der Waals surface area contributed by atoms with Crippen molar-refractivity contribution in [3.8, 4) is 6.07 Å². The van der Waals surface area contributed by atoms with Gasteiger partial charge in [0, 0.05) is 6.04 Å². The summed E-state index contributed by atoms with van der Waals surface area (Å²) in [5, 5.41) is 12.7. The van der Waals surface area contributed by atoms with Gasteiger partial charge in [0.2, 0.25) is 0 Å². The lowest BCUT2D eigenvalue weighted by molar-refractivity contribution is 0.533. The van der Waals surface area contributed by atoms with Gasteiger partial charge < -0.3 is 0 Å². The molecule has 0 heterocycles. The molecule has 19 heavy (non-hydrogen) atoms. The molecule has 0 aliphatic rings. The molecule has 0 aliphatic carbocycles. The van der Waals surface area contributed by atoms with Crippen LogP contribution >= 0.6 is 0 Å². The summed E-state index contributed by atoms with van der Waals surface area (Å²) in [6.07, 6.45) is 0. The molecule has 2 unspecified atom stereocenters. The molecular formula is C17H18N2. The highest BCUT2D eigenvalue weighted by Gasteiger charge is 2.14. The zero-order chi connectivity index (χ0) is 13.7. The van der Waals surface area contributed by atoms with E-state index in [0.29, 0.717) is 0 Å². The fourth-order valence-corrected chi connectivity index (χ4v) is 2.05. The first kappa shape index (κ1) is 13.3. The van der Waals surface area contributed by atoms with Crippen LogP contribution in [0, 0.1) is 18.3 Å². The standard InChI is InChI=1S/C17H18N2/c1-13-8-10-16(11-9-13)17(12-18)19-14(2)15-6-4-3-5-7-15/h3-11,14,17,19H,1-2H3. The molecule has 0 fully saturated rings. The fraction of sp³-hybridized carbons (Fsp3) is 0.235. The summed E-state index contributed by atoms with van der Waals surface area (Å²) in [4.78, 5) is 0. The van der Waals surface area contributed by atoms with Crippen LogP contribution in [0.3, 0.4) is 0 Å². The van der Waals surface area contributed by atoms with Crippen LogP contribution in [0.25, 0.3) is 0 Å². The van der Waals surface area contributed by atoms with Crippen molar-refractivity contribution in [3.63, 3.8) is 0 Å². The number of nitrogens with zero attached hydrogens (tertiary/aromatic N) is 1. The number of benzene rings is 2. The van der Waals surface area contributed by atoms with Crippen molar-refractivity contribution in [2.45, 2.75) is 25.9 Å². The SMILES string of the molecule is Cc1ccc(C(C#N)NC(C)c2ccccc2)cc1. The van der Waals surface area contributed by atoms with Gasteiger partial charge in [0.05, 0.1) is 6.07 Å². The molecule has 2 aromatic rings. The van der Waals surface area contributed by atoms with E-state index >= 15 is 0 Å². The van der Waals surface area contributed by atoms with Crippen LogP contribution in [-0.4, -0.2) is 0 Å². The second-order valence-electron chi connectivity index (χ2n) is 4.77. The Labute approximate surface area is 114 Å². The molecule has 2 rings (SSSR count). The van der Waals surface area contributed by atoms with Gasteiger partial charge >= 0.3 is 0 Å². The van der Waals surface area contributed by atoms with Crippen molar-refractivity contribution in [1.82, 2.24) is 5.32 Å². The Balaban J connectivity index is 2.12. The van der Waals surface area contributed by atoms with Crippen molar-refractivity contribution in [2.75, 3.05) is 0 Å². The summed E-state index contributed by atoms with van der Waals surface area (Å²) in [6, 6.07) is 20.4. The molecular weight excluding hydrogens is 232 g/mol. The largest absolute Gasteiger partial charge is 0.292 e. The molecule has 96 valence electrons. The molecule has 1 N–H and O–H groups in total.